The molecule has 0 spiro atoms. The lowest BCUT2D eigenvalue weighted by Gasteiger charge is -2.30. The number of nitrogens with one attached hydrogen (secondary N) is 1. The number of ether oxygens (including phenoxy) is 2. The second-order valence-electron chi connectivity index (χ2n) is 6.87. The molecule has 0 unspecified atom stereocenters. The van der Waals surface area contributed by atoms with Crippen molar-refractivity contribution in [3.05, 3.63) is 41.6 Å². The predicted octanol–water partition coefficient (Wildman–Crippen LogP) is 4.36. The van der Waals surface area contributed by atoms with Gasteiger partial charge in [-0.25, -0.2) is 4.98 Å². The monoisotopic (exact) mass is 312 g/mol. The van der Waals surface area contributed by atoms with E-state index >= 15 is 0 Å². The van der Waals surface area contributed by atoms with Crippen LogP contribution in [0.4, 0.5) is 11.5 Å². The molecule has 3 rings (SSSR count). The summed E-state index contributed by atoms with van der Waals surface area (Å²) in [5, 5.41) is 3.36. The lowest BCUT2D eigenvalue weighted by molar-refractivity contribution is 0.311. The summed E-state index contributed by atoms with van der Waals surface area (Å²) in [4.78, 5) is 4.82. The number of anilines is 2. The molecule has 0 fully saturated rings. The molecule has 1 N–H and O–H groups in total. The Labute approximate surface area is 137 Å². The third-order valence-corrected chi connectivity index (χ3v) is 4.41. The number of nitrogens with zero attached hydrogens (tertiary/aromatic N) is 1. The zero-order chi connectivity index (χ0) is 16.4. The average molecular weight is 312 g/mol. The summed E-state index contributed by atoms with van der Waals surface area (Å²) in [5.41, 5.74) is 3.82. The largest absolute Gasteiger partial charge is 0.497 e. The smallest absolute Gasteiger partial charge is 0.130 e. The van der Waals surface area contributed by atoms with Crippen molar-refractivity contribution in [2.24, 2.45) is 5.41 Å². The van der Waals surface area contributed by atoms with Crippen LogP contribution < -0.4 is 14.8 Å². The second kappa shape index (κ2) is 6.11. The lowest BCUT2D eigenvalue weighted by Crippen LogP contribution is -2.23. The van der Waals surface area contributed by atoms with Gasteiger partial charge in [-0.3, -0.25) is 0 Å². The van der Waals surface area contributed by atoms with E-state index in [-0.39, 0.29) is 0 Å². The number of rotatable bonds is 4. The van der Waals surface area contributed by atoms with Gasteiger partial charge in [-0.05, 0) is 36.3 Å². The molecule has 4 nitrogen and oxygen atoms in total. The minimum atomic E-state index is 0.331. The van der Waals surface area contributed by atoms with E-state index in [2.05, 4.69) is 25.2 Å². The van der Waals surface area contributed by atoms with Crippen LogP contribution in [0.3, 0.4) is 0 Å². The van der Waals surface area contributed by atoms with Crippen molar-refractivity contribution in [3.8, 4) is 11.5 Å². The summed E-state index contributed by atoms with van der Waals surface area (Å²) in [6.07, 6.45) is 3.36. The zero-order valence-electron chi connectivity index (χ0n) is 14.3. The standard InChI is InChI=1S/C19H24N2O2/c1-19(2)8-7-13-5-6-18(21-17(13)12-19)20-14-9-15(22-3)11-16(10-14)23-4/h5-6,9-11H,7-8,12H2,1-4H3,(H,20,21). The molecule has 122 valence electrons. The van der Waals surface area contributed by atoms with Crippen LogP contribution in [0.1, 0.15) is 31.5 Å². The van der Waals surface area contributed by atoms with Gasteiger partial charge < -0.3 is 14.8 Å². The number of hydrogen-bond donors (Lipinski definition) is 1. The van der Waals surface area contributed by atoms with Crippen LogP contribution in [0.15, 0.2) is 30.3 Å². The van der Waals surface area contributed by atoms with Gasteiger partial charge in [-0.1, -0.05) is 19.9 Å². The number of hydrogen-bond acceptors (Lipinski definition) is 4. The molecule has 1 aliphatic rings. The quantitative estimate of drug-likeness (QED) is 0.911. The van der Waals surface area contributed by atoms with Crippen LogP contribution in [0.2, 0.25) is 0 Å². The van der Waals surface area contributed by atoms with Crippen LogP contribution in [0, 0.1) is 5.41 Å². The van der Waals surface area contributed by atoms with Crippen molar-refractivity contribution >= 4 is 11.5 Å². The summed E-state index contributed by atoms with van der Waals surface area (Å²) in [6.45, 7) is 4.62. The molecule has 1 aromatic carbocycles. The predicted molar refractivity (Wildman–Crippen MR) is 92.9 cm³/mol. The van der Waals surface area contributed by atoms with Gasteiger partial charge >= 0.3 is 0 Å². The first kappa shape index (κ1) is 15.7. The molecule has 0 atom stereocenters. The summed E-state index contributed by atoms with van der Waals surface area (Å²) in [7, 11) is 3.30. The molecule has 23 heavy (non-hydrogen) atoms. The fraction of sp³-hybridized carbons (Fsp3) is 0.421. The highest BCUT2D eigenvalue weighted by molar-refractivity contribution is 5.61. The highest BCUT2D eigenvalue weighted by atomic mass is 16.5. The van der Waals surface area contributed by atoms with Crippen molar-refractivity contribution < 1.29 is 9.47 Å². The van der Waals surface area contributed by atoms with Crippen molar-refractivity contribution in [1.82, 2.24) is 4.98 Å². The number of aromatic nitrogens is 1. The summed E-state index contributed by atoms with van der Waals surface area (Å²) in [6, 6.07) is 9.97. The van der Waals surface area contributed by atoms with Crippen LogP contribution in [0.25, 0.3) is 0 Å². The van der Waals surface area contributed by atoms with Crippen molar-refractivity contribution in [2.45, 2.75) is 33.1 Å². The first-order chi connectivity index (χ1) is 11.0. The van der Waals surface area contributed by atoms with E-state index in [1.807, 2.05) is 24.3 Å². The number of benzene rings is 1. The molecule has 0 amide bonds. The Morgan fingerprint density at radius 3 is 2.39 bits per heavy atom. The maximum atomic E-state index is 5.31. The minimum absolute atomic E-state index is 0.331. The fourth-order valence-electron chi connectivity index (χ4n) is 3.02. The van der Waals surface area contributed by atoms with E-state index in [1.54, 1.807) is 14.2 Å². The SMILES string of the molecule is COc1cc(Nc2ccc3c(n2)CC(C)(C)CC3)cc(OC)c1. The van der Waals surface area contributed by atoms with Gasteiger partial charge in [-0.15, -0.1) is 0 Å². The summed E-state index contributed by atoms with van der Waals surface area (Å²) in [5.74, 6) is 2.37. The molecule has 0 radical (unpaired) electrons. The van der Waals surface area contributed by atoms with E-state index in [4.69, 9.17) is 14.5 Å². The van der Waals surface area contributed by atoms with E-state index in [9.17, 15) is 0 Å². The van der Waals surface area contributed by atoms with E-state index in [1.165, 1.54) is 17.7 Å². The van der Waals surface area contributed by atoms with Crippen molar-refractivity contribution in [2.75, 3.05) is 19.5 Å². The average Bonchev–Trinajstić information content (AvgIpc) is 2.53. The molecular formula is C19H24N2O2. The topological polar surface area (TPSA) is 43.4 Å². The molecule has 4 heteroatoms. The van der Waals surface area contributed by atoms with Gasteiger partial charge in [0.15, 0.2) is 0 Å². The van der Waals surface area contributed by atoms with E-state index in [0.717, 1.165) is 35.8 Å². The van der Waals surface area contributed by atoms with Crippen LogP contribution >= 0.6 is 0 Å². The molecule has 0 aliphatic heterocycles. The number of methoxy groups -OCH3 is 2. The zero-order valence-corrected chi connectivity index (χ0v) is 14.3. The van der Waals surface area contributed by atoms with Gasteiger partial charge in [-0.2, -0.15) is 0 Å². The molecule has 1 heterocycles. The van der Waals surface area contributed by atoms with E-state index < -0.39 is 0 Å². The van der Waals surface area contributed by atoms with Crippen molar-refractivity contribution in [3.63, 3.8) is 0 Å². The Balaban J connectivity index is 1.86. The van der Waals surface area contributed by atoms with Gasteiger partial charge in [0.05, 0.1) is 14.2 Å². The van der Waals surface area contributed by atoms with Gasteiger partial charge in [0, 0.05) is 29.6 Å². The maximum Gasteiger partial charge on any atom is 0.130 e. The summed E-state index contributed by atoms with van der Waals surface area (Å²) < 4.78 is 10.6. The Kier molecular flexibility index (Phi) is 4.16. The Bertz CT molecular complexity index is 688. The normalized spacial score (nSPS) is 15.7. The molecule has 0 bridgehead atoms. The molecule has 1 aromatic heterocycles. The van der Waals surface area contributed by atoms with Crippen LogP contribution in [0.5, 0.6) is 11.5 Å². The third kappa shape index (κ3) is 3.58. The molecule has 0 saturated heterocycles. The number of fused-ring (bicyclic) bond motifs is 1. The second-order valence-corrected chi connectivity index (χ2v) is 6.87. The Hall–Kier alpha value is -2.23. The fourth-order valence-corrected chi connectivity index (χ4v) is 3.02. The molecule has 0 saturated carbocycles. The van der Waals surface area contributed by atoms with Gasteiger partial charge in [0.25, 0.3) is 0 Å². The third-order valence-electron chi connectivity index (χ3n) is 4.41. The Morgan fingerprint density at radius 2 is 1.74 bits per heavy atom. The highest BCUT2D eigenvalue weighted by Crippen LogP contribution is 2.35. The van der Waals surface area contributed by atoms with Crippen LogP contribution in [-0.2, 0) is 12.8 Å². The lowest BCUT2D eigenvalue weighted by atomic mass is 9.76. The Morgan fingerprint density at radius 1 is 1.04 bits per heavy atom. The summed E-state index contributed by atoms with van der Waals surface area (Å²) >= 11 is 0. The maximum absolute atomic E-state index is 5.31. The van der Waals surface area contributed by atoms with Gasteiger partial charge in [0.1, 0.15) is 17.3 Å². The van der Waals surface area contributed by atoms with Crippen LogP contribution in [-0.4, -0.2) is 19.2 Å². The minimum Gasteiger partial charge on any atom is -0.497 e. The molecule has 1 aliphatic carbocycles. The first-order valence-corrected chi connectivity index (χ1v) is 7.98. The molecule has 2 aromatic rings. The highest BCUT2D eigenvalue weighted by Gasteiger charge is 2.26. The molecular weight excluding hydrogens is 288 g/mol. The number of aryl methyl sites for hydroxylation is 1. The van der Waals surface area contributed by atoms with Crippen molar-refractivity contribution in [1.29, 1.82) is 0 Å². The van der Waals surface area contributed by atoms with E-state index in [0.29, 0.717) is 5.41 Å². The number of pyridine rings is 1. The van der Waals surface area contributed by atoms with Gasteiger partial charge in [0.2, 0.25) is 0 Å². The first-order valence-electron chi connectivity index (χ1n) is 7.98.